The normalized spacial score (nSPS) is 11.4. The second-order valence-corrected chi connectivity index (χ2v) is 8.99. The predicted molar refractivity (Wildman–Crippen MR) is 137 cm³/mol. The van der Waals surface area contributed by atoms with Gasteiger partial charge in [0.2, 0.25) is 0 Å². The van der Waals surface area contributed by atoms with Crippen molar-refractivity contribution in [1.29, 1.82) is 0 Å². The zero-order valence-electron chi connectivity index (χ0n) is 19.6. The molecule has 0 aliphatic carbocycles. The number of aromatic nitrogens is 5. The van der Waals surface area contributed by atoms with Crippen LogP contribution < -0.4 is 0 Å². The van der Waals surface area contributed by atoms with Crippen LogP contribution in [0.1, 0.15) is 42.4 Å². The van der Waals surface area contributed by atoms with Gasteiger partial charge < -0.3 is 9.09 Å². The number of hydrogen-bond donors (Lipinski definition) is 1. The van der Waals surface area contributed by atoms with Gasteiger partial charge in [0.05, 0.1) is 6.54 Å². The fourth-order valence-corrected chi connectivity index (χ4v) is 4.53. The zero-order chi connectivity index (χ0) is 23.7. The molecule has 0 fully saturated rings. The summed E-state index contributed by atoms with van der Waals surface area (Å²) in [6, 6.07) is 18.9. The quantitative estimate of drug-likeness (QED) is 0.265. The maximum absolute atomic E-state index is 5.14. The summed E-state index contributed by atoms with van der Waals surface area (Å²) in [5, 5.41) is 2.81. The Hall–Kier alpha value is -3.58. The maximum Gasteiger partial charge on any atom is 0.314 e. The molecule has 2 aromatic carbocycles. The number of aryl methyl sites for hydroxylation is 3. The number of pyridine rings is 1. The van der Waals surface area contributed by atoms with Gasteiger partial charge in [-0.05, 0) is 60.8 Å². The van der Waals surface area contributed by atoms with E-state index in [0.717, 1.165) is 65.2 Å². The Morgan fingerprint density at radius 1 is 0.971 bits per heavy atom. The molecule has 0 saturated heterocycles. The Morgan fingerprint density at radius 3 is 2.44 bits per heavy atom. The number of H-pyrrole nitrogens is 1. The van der Waals surface area contributed by atoms with Gasteiger partial charge in [-0.15, -0.1) is 0 Å². The Morgan fingerprint density at radius 2 is 1.74 bits per heavy atom. The monoisotopic (exact) mass is 469 g/mol. The second kappa shape index (κ2) is 9.35. The average Bonchev–Trinajstić information content (AvgIpc) is 3.42. The molecule has 0 radical (unpaired) electrons. The SMILES string of the molecule is CCCCc1nc2c(C)cc(C)nc2n1Cc1ccc(-c2ccccc2-c2nc(=S)o[nH]2)cc1. The van der Waals surface area contributed by atoms with Crippen LogP contribution in [0.2, 0.25) is 0 Å². The highest BCUT2D eigenvalue weighted by Gasteiger charge is 2.15. The number of benzene rings is 2. The van der Waals surface area contributed by atoms with Crippen molar-refractivity contribution < 1.29 is 4.52 Å². The maximum atomic E-state index is 5.14. The van der Waals surface area contributed by atoms with E-state index in [-0.39, 0.29) is 4.84 Å². The van der Waals surface area contributed by atoms with Crippen LogP contribution in [-0.4, -0.2) is 24.7 Å². The molecule has 3 aromatic heterocycles. The summed E-state index contributed by atoms with van der Waals surface area (Å²) in [6.07, 6.45) is 3.21. The molecule has 0 atom stereocenters. The van der Waals surface area contributed by atoms with Gasteiger partial charge in [-0.1, -0.05) is 61.9 Å². The molecule has 0 amide bonds. The summed E-state index contributed by atoms with van der Waals surface area (Å²) in [7, 11) is 0. The van der Waals surface area contributed by atoms with E-state index in [4.69, 9.17) is 26.7 Å². The second-order valence-electron chi connectivity index (χ2n) is 8.64. The highest BCUT2D eigenvalue weighted by Crippen LogP contribution is 2.30. The van der Waals surface area contributed by atoms with Crippen molar-refractivity contribution in [2.45, 2.75) is 46.6 Å². The summed E-state index contributed by atoms with van der Waals surface area (Å²) in [5.74, 6) is 1.74. The molecule has 0 unspecified atom stereocenters. The topological polar surface area (TPSA) is 72.5 Å². The third-order valence-corrected chi connectivity index (χ3v) is 6.26. The lowest BCUT2D eigenvalue weighted by atomic mass is 9.98. The van der Waals surface area contributed by atoms with Crippen LogP contribution >= 0.6 is 12.2 Å². The van der Waals surface area contributed by atoms with Gasteiger partial charge in [-0.25, -0.2) is 15.1 Å². The van der Waals surface area contributed by atoms with Crippen LogP contribution in [0.4, 0.5) is 0 Å². The van der Waals surface area contributed by atoms with E-state index >= 15 is 0 Å². The van der Waals surface area contributed by atoms with E-state index in [2.05, 4.69) is 65.0 Å². The fraction of sp³-hybridized carbons (Fsp3) is 0.259. The molecule has 0 spiro atoms. The van der Waals surface area contributed by atoms with E-state index in [1.54, 1.807) is 0 Å². The van der Waals surface area contributed by atoms with Crippen molar-refractivity contribution in [1.82, 2.24) is 24.7 Å². The largest absolute Gasteiger partial charge is 0.348 e. The number of hydrogen-bond acceptors (Lipinski definition) is 5. The Labute approximate surface area is 203 Å². The lowest BCUT2D eigenvalue weighted by Crippen LogP contribution is -2.06. The van der Waals surface area contributed by atoms with Crippen molar-refractivity contribution in [2.75, 3.05) is 0 Å². The number of nitrogens with zero attached hydrogens (tertiary/aromatic N) is 4. The van der Waals surface area contributed by atoms with Crippen LogP contribution in [0.15, 0.2) is 59.1 Å². The minimum Gasteiger partial charge on any atom is -0.348 e. The molecular weight excluding hydrogens is 442 g/mol. The molecule has 5 aromatic rings. The van der Waals surface area contributed by atoms with Crippen molar-refractivity contribution in [3.8, 4) is 22.5 Å². The average molecular weight is 470 g/mol. The highest BCUT2D eigenvalue weighted by atomic mass is 32.1. The molecule has 6 nitrogen and oxygen atoms in total. The molecule has 1 N–H and O–H groups in total. The van der Waals surface area contributed by atoms with E-state index in [1.807, 2.05) is 25.1 Å². The summed E-state index contributed by atoms with van der Waals surface area (Å²) in [4.78, 5) is 14.3. The van der Waals surface area contributed by atoms with E-state index in [9.17, 15) is 0 Å². The minimum absolute atomic E-state index is 0.200. The van der Waals surface area contributed by atoms with Gasteiger partial charge in [0.25, 0.3) is 0 Å². The number of aromatic amines is 1. The standard InChI is InChI=1S/C27H27N5OS/c1-4-5-10-23-29-24-17(2)15-18(3)28-26(24)32(23)16-19-11-13-20(14-12-19)21-8-6-7-9-22(21)25-30-27(34)33-31-25/h6-9,11-15H,4-5,10,16H2,1-3H3,(H,30,31,34). The summed E-state index contributed by atoms with van der Waals surface area (Å²) < 4.78 is 7.42. The molecule has 34 heavy (non-hydrogen) atoms. The van der Waals surface area contributed by atoms with Crippen LogP contribution in [-0.2, 0) is 13.0 Å². The molecule has 5 rings (SSSR count). The first kappa shape index (κ1) is 22.2. The molecule has 3 heterocycles. The van der Waals surface area contributed by atoms with Gasteiger partial charge in [0.15, 0.2) is 11.5 Å². The van der Waals surface area contributed by atoms with Crippen molar-refractivity contribution in [3.63, 3.8) is 0 Å². The van der Waals surface area contributed by atoms with Crippen molar-refractivity contribution >= 4 is 23.4 Å². The molecule has 0 bridgehead atoms. The molecule has 7 heteroatoms. The van der Waals surface area contributed by atoms with Gasteiger partial charge in [-0.2, -0.15) is 4.98 Å². The lowest BCUT2D eigenvalue weighted by Gasteiger charge is -2.11. The van der Waals surface area contributed by atoms with E-state index in [0.29, 0.717) is 5.82 Å². The smallest absolute Gasteiger partial charge is 0.314 e. The van der Waals surface area contributed by atoms with Crippen LogP contribution in [0.25, 0.3) is 33.7 Å². The van der Waals surface area contributed by atoms with Gasteiger partial charge in [0.1, 0.15) is 11.3 Å². The summed E-state index contributed by atoms with van der Waals surface area (Å²) in [6.45, 7) is 7.11. The molecular formula is C27H27N5OS. The van der Waals surface area contributed by atoms with Crippen LogP contribution in [0.3, 0.4) is 0 Å². The van der Waals surface area contributed by atoms with Crippen molar-refractivity contribution in [2.24, 2.45) is 0 Å². The lowest BCUT2D eigenvalue weighted by molar-refractivity contribution is 0.406. The molecule has 0 aliphatic rings. The van der Waals surface area contributed by atoms with Gasteiger partial charge >= 0.3 is 4.84 Å². The fourth-order valence-electron chi connectivity index (χ4n) is 4.40. The molecule has 172 valence electrons. The number of unbranched alkanes of at least 4 members (excludes halogenated alkanes) is 1. The van der Waals surface area contributed by atoms with Gasteiger partial charge in [-0.3, -0.25) is 0 Å². The first-order chi connectivity index (χ1) is 16.5. The number of rotatable bonds is 7. The highest BCUT2D eigenvalue weighted by molar-refractivity contribution is 7.71. The Kier molecular flexibility index (Phi) is 6.11. The number of nitrogens with one attached hydrogen (secondary N) is 1. The third-order valence-electron chi connectivity index (χ3n) is 6.08. The van der Waals surface area contributed by atoms with E-state index < -0.39 is 0 Å². The first-order valence-electron chi connectivity index (χ1n) is 11.6. The summed E-state index contributed by atoms with van der Waals surface area (Å²) >= 11 is 5.03. The Bertz CT molecular complexity index is 1510. The van der Waals surface area contributed by atoms with Crippen LogP contribution in [0, 0.1) is 18.7 Å². The Balaban J connectivity index is 1.50. The van der Waals surface area contributed by atoms with Crippen molar-refractivity contribution in [3.05, 3.63) is 82.1 Å². The molecule has 0 saturated carbocycles. The molecule has 0 aliphatic heterocycles. The number of imidazole rings is 1. The van der Waals surface area contributed by atoms with Crippen LogP contribution in [0.5, 0.6) is 0 Å². The summed E-state index contributed by atoms with van der Waals surface area (Å²) in [5.41, 5.74) is 8.51. The van der Waals surface area contributed by atoms with Gasteiger partial charge in [0, 0.05) is 17.7 Å². The predicted octanol–water partition coefficient (Wildman–Crippen LogP) is 6.82. The zero-order valence-corrected chi connectivity index (χ0v) is 20.4. The van der Waals surface area contributed by atoms with E-state index in [1.165, 1.54) is 11.1 Å². The first-order valence-corrected chi connectivity index (χ1v) is 12.0. The minimum atomic E-state index is 0.200. The number of fused-ring (bicyclic) bond motifs is 1. The third kappa shape index (κ3) is 4.31.